The molecule has 6 heteroatoms. The van der Waals surface area contributed by atoms with Crippen LogP contribution in [0.2, 0.25) is 0 Å². The van der Waals surface area contributed by atoms with Gasteiger partial charge in [-0.15, -0.1) is 0 Å². The zero-order valence-electron chi connectivity index (χ0n) is 11.4. The van der Waals surface area contributed by atoms with Gasteiger partial charge >= 0.3 is 0 Å². The van der Waals surface area contributed by atoms with E-state index in [-0.39, 0.29) is 12.1 Å². The standard InChI is InChI=1S/C12H25N3O2S/c1-10-7-11(2)15(9-10)18(16,17)14-6-4-3-5-12(14)8-13/h10-12H,3-9,13H2,1-2H3. The number of piperidine rings is 1. The van der Waals surface area contributed by atoms with E-state index in [1.807, 2.05) is 6.92 Å². The summed E-state index contributed by atoms with van der Waals surface area (Å²) in [6.45, 7) is 5.82. The summed E-state index contributed by atoms with van der Waals surface area (Å²) >= 11 is 0. The lowest BCUT2D eigenvalue weighted by Crippen LogP contribution is -2.53. The molecule has 2 N–H and O–H groups in total. The molecule has 0 radical (unpaired) electrons. The molecule has 2 aliphatic heterocycles. The second kappa shape index (κ2) is 5.45. The Hall–Kier alpha value is -0.170. The van der Waals surface area contributed by atoms with Crippen molar-refractivity contribution in [1.29, 1.82) is 0 Å². The van der Waals surface area contributed by atoms with Crippen LogP contribution in [0.5, 0.6) is 0 Å². The topological polar surface area (TPSA) is 66.6 Å². The van der Waals surface area contributed by atoms with Crippen molar-refractivity contribution in [2.24, 2.45) is 11.7 Å². The van der Waals surface area contributed by atoms with Crippen molar-refractivity contribution in [2.45, 2.75) is 51.6 Å². The molecule has 0 saturated carbocycles. The summed E-state index contributed by atoms with van der Waals surface area (Å²) < 4.78 is 28.7. The van der Waals surface area contributed by atoms with Crippen LogP contribution in [0, 0.1) is 5.92 Å². The van der Waals surface area contributed by atoms with Gasteiger partial charge in [0.05, 0.1) is 0 Å². The normalized spacial score (nSPS) is 36.1. The largest absolute Gasteiger partial charge is 0.329 e. The summed E-state index contributed by atoms with van der Waals surface area (Å²) in [5.74, 6) is 0.455. The fraction of sp³-hybridized carbons (Fsp3) is 1.00. The lowest BCUT2D eigenvalue weighted by Gasteiger charge is -2.37. The van der Waals surface area contributed by atoms with E-state index in [0.29, 0.717) is 25.6 Å². The lowest BCUT2D eigenvalue weighted by molar-refractivity contribution is 0.233. The molecular weight excluding hydrogens is 250 g/mol. The summed E-state index contributed by atoms with van der Waals surface area (Å²) in [6.07, 6.45) is 3.89. The van der Waals surface area contributed by atoms with Crippen LogP contribution in [0.3, 0.4) is 0 Å². The quantitative estimate of drug-likeness (QED) is 0.827. The molecular formula is C12H25N3O2S. The smallest absolute Gasteiger partial charge is 0.282 e. The van der Waals surface area contributed by atoms with Gasteiger partial charge in [-0.1, -0.05) is 13.3 Å². The van der Waals surface area contributed by atoms with Crippen molar-refractivity contribution < 1.29 is 8.42 Å². The maximum absolute atomic E-state index is 12.7. The molecule has 106 valence electrons. The number of nitrogens with two attached hydrogens (primary N) is 1. The Morgan fingerprint density at radius 2 is 1.94 bits per heavy atom. The highest BCUT2D eigenvalue weighted by molar-refractivity contribution is 7.86. The Bertz CT molecular complexity index is 385. The first kappa shape index (κ1) is 14.2. The third kappa shape index (κ3) is 2.57. The Morgan fingerprint density at radius 3 is 2.50 bits per heavy atom. The Balaban J connectivity index is 2.19. The number of nitrogens with zero attached hydrogens (tertiary/aromatic N) is 2. The van der Waals surface area contributed by atoms with Gasteiger partial charge in [0, 0.05) is 31.7 Å². The molecule has 0 bridgehead atoms. The predicted octanol–water partition coefficient (Wildman–Crippen LogP) is 0.775. The van der Waals surface area contributed by atoms with Crippen LogP contribution in [-0.4, -0.2) is 48.7 Å². The molecule has 0 amide bonds. The molecule has 2 rings (SSSR count). The molecule has 5 nitrogen and oxygen atoms in total. The fourth-order valence-electron chi connectivity index (χ4n) is 3.23. The van der Waals surface area contributed by atoms with Crippen LogP contribution in [0.1, 0.15) is 39.5 Å². The third-order valence-electron chi connectivity index (χ3n) is 4.16. The lowest BCUT2D eigenvalue weighted by atomic mass is 10.1. The van der Waals surface area contributed by atoms with E-state index in [1.165, 1.54) is 0 Å². The van der Waals surface area contributed by atoms with E-state index in [2.05, 4.69) is 6.92 Å². The van der Waals surface area contributed by atoms with Crippen molar-refractivity contribution in [3.05, 3.63) is 0 Å². The Labute approximate surface area is 110 Å². The van der Waals surface area contributed by atoms with Crippen LogP contribution >= 0.6 is 0 Å². The molecule has 2 saturated heterocycles. The van der Waals surface area contributed by atoms with Crippen molar-refractivity contribution in [3.63, 3.8) is 0 Å². The average molecular weight is 275 g/mol. The second-order valence-electron chi connectivity index (χ2n) is 5.76. The van der Waals surface area contributed by atoms with Gasteiger partial charge in [0.1, 0.15) is 0 Å². The predicted molar refractivity (Wildman–Crippen MR) is 72.3 cm³/mol. The zero-order valence-corrected chi connectivity index (χ0v) is 12.2. The molecule has 18 heavy (non-hydrogen) atoms. The maximum atomic E-state index is 12.7. The van der Waals surface area contributed by atoms with Crippen molar-refractivity contribution in [1.82, 2.24) is 8.61 Å². The van der Waals surface area contributed by atoms with E-state index in [9.17, 15) is 8.42 Å². The van der Waals surface area contributed by atoms with E-state index in [0.717, 1.165) is 25.7 Å². The molecule has 2 aliphatic rings. The number of rotatable bonds is 3. The average Bonchev–Trinajstić information content (AvgIpc) is 2.69. The summed E-state index contributed by atoms with van der Waals surface area (Å²) in [4.78, 5) is 0. The first-order valence-corrected chi connectivity index (χ1v) is 8.35. The van der Waals surface area contributed by atoms with Gasteiger partial charge < -0.3 is 5.73 Å². The van der Waals surface area contributed by atoms with Crippen LogP contribution < -0.4 is 5.73 Å². The molecule has 0 aromatic heterocycles. The van der Waals surface area contributed by atoms with Crippen LogP contribution in [-0.2, 0) is 10.2 Å². The fourth-order valence-corrected chi connectivity index (χ4v) is 5.41. The Kier molecular flexibility index (Phi) is 4.31. The van der Waals surface area contributed by atoms with Gasteiger partial charge in [-0.3, -0.25) is 0 Å². The summed E-state index contributed by atoms with van der Waals surface area (Å²) in [6, 6.07) is 0.109. The third-order valence-corrected chi connectivity index (χ3v) is 6.34. The first-order chi connectivity index (χ1) is 8.46. The highest BCUT2D eigenvalue weighted by atomic mass is 32.2. The van der Waals surface area contributed by atoms with Gasteiger partial charge in [0.2, 0.25) is 0 Å². The van der Waals surface area contributed by atoms with Crippen molar-refractivity contribution in [3.8, 4) is 0 Å². The highest BCUT2D eigenvalue weighted by Crippen LogP contribution is 2.30. The minimum atomic E-state index is -3.32. The van der Waals surface area contributed by atoms with Gasteiger partial charge in [-0.05, 0) is 32.1 Å². The molecule has 2 fully saturated rings. The first-order valence-electron chi connectivity index (χ1n) is 6.95. The summed E-state index contributed by atoms with van der Waals surface area (Å²) in [5.41, 5.74) is 5.73. The SMILES string of the molecule is CC1CC(C)N(S(=O)(=O)N2CCCCC2CN)C1. The molecule has 0 aromatic carbocycles. The maximum Gasteiger partial charge on any atom is 0.282 e. The molecule has 0 aliphatic carbocycles. The molecule has 0 spiro atoms. The van der Waals surface area contributed by atoms with Gasteiger partial charge in [0.25, 0.3) is 10.2 Å². The Morgan fingerprint density at radius 1 is 1.22 bits per heavy atom. The second-order valence-corrected chi connectivity index (χ2v) is 7.60. The van der Waals surface area contributed by atoms with Gasteiger partial charge in [-0.2, -0.15) is 17.0 Å². The summed E-state index contributed by atoms with van der Waals surface area (Å²) in [5, 5.41) is 0. The van der Waals surface area contributed by atoms with E-state index in [1.54, 1.807) is 8.61 Å². The molecule has 3 atom stereocenters. The molecule has 2 heterocycles. The van der Waals surface area contributed by atoms with Gasteiger partial charge in [0.15, 0.2) is 0 Å². The van der Waals surface area contributed by atoms with Crippen molar-refractivity contribution >= 4 is 10.2 Å². The van der Waals surface area contributed by atoms with E-state index in [4.69, 9.17) is 5.73 Å². The van der Waals surface area contributed by atoms with E-state index < -0.39 is 10.2 Å². The molecule has 0 aromatic rings. The number of hydrogen-bond donors (Lipinski definition) is 1. The monoisotopic (exact) mass is 275 g/mol. The minimum absolute atomic E-state index is 0.00754. The van der Waals surface area contributed by atoms with Crippen LogP contribution in [0.25, 0.3) is 0 Å². The highest BCUT2D eigenvalue weighted by Gasteiger charge is 2.41. The zero-order chi connectivity index (χ0) is 13.3. The summed E-state index contributed by atoms with van der Waals surface area (Å²) in [7, 11) is -3.32. The van der Waals surface area contributed by atoms with E-state index >= 15 is 0 Å². The van der Waals surface area contributed by atoms with Crippen LogP contribution in [0.4, 0.5) is 0 Å². The molecule has 3 unspecified atom stereocenters. The minimum Gasteiger partial charge on any atom is -0.329 e. The van der Waals surface area contributed by atoms with Gasteiger partial charge in [-0.25, -0.2) is 0 Å². The van der Waals surface area contributed by atoms with Crippen molar-refractivity contribution in [2.75, 3.05) is 19.6 Å². The van der Waals surface area contributed by atoms with Crippen LogP contribution in [0.15, 0.2) is 0 Å². The number of hydrogen-bond acceptors (Lipinski definition) is 3.